The number of rotatable bonds is 6. The topological polar surface area (TPSA) is 71.5 Å². The summed E-state index contributed by atoms with van der Waals surface area (Å²) in [6, 6.07) is 4.29. The van der Waals surface area contributed by atoms with Gasteiger partial charge in [-0.05, 0) is 67.3 Å². The van der Waals surface area contributed by atoms with Gasteiger partial charge < -0.3 is 15.0 Å². The van der Waals surface area contributed by atoms with Crippen molar-refractivity contribution in [2.45, 2.75) is 49.7 Å². The van der Waals surface area contributed by atoms with E-state index in [1.165, 1.54) is 0 Å². The molecule has 0 radical (unpaired) electrons. The van der Waals surface area contributed by atoms with Crippen molar-refractivity contribution < 1.29 is 23.1 Å². The van der Waals surface area contributed by atoms with Gasteiger partial charge in [-0.1, -0.05) is 11.6 Å². The summed E-state index contributed by atoms with van der Waals surface area (Å²) < 4.78 is 34.1. The highest BCUT2D eigenvalue weighted by molar-refractivity contribution is 6.30. The van der Waals surface area contributed by atoms with Crippen LogP contribution in [0.15, 0.2) is 30.5 Å². The van der Waals surface area contributed by atoms with Gasteiger partial charge in [0.25, 0.3) is 5.91 Å². The first-order chi connectivity index (χ1) is 16.4. The lowest BCUT2D eigenvalue weighted by Gasteiger charge is -2.36. The summed E-state index contributed by atoms with van der Waals surface area (Å²) in [6.07, 6.45) is 5.31. The first-order valence-electron chi connectivity index (χ1n) is 11.7. The zero-order valence-electron chi connectivity index (χ0n) is 18.3. The van der Waals surface area contributed by atoms with Gasteiger partial charge in [0, 0.05) is 23.7 Å². The number of pyridine rings is 1. The maximum Gasteiger partial charge on any atom is 0.273 e. The fourth-order valence-corrected chi connectivity index (χ4v) is 5.42. The van der Waals surface area contributed by atoms with Crippen LogP contribution in [0.4, 0.5) is 8.78 Å². The largest absolute Gasteiger partial charge is 0.381 e. The van der Waals surface area contributed by atoms with E-state index in [0.29, 0.717) is 31.2 Å². The molecule has 2 aromatic rings. The Morgan fingerprint density at radius 1 is 1.15 bits per heavy atom. The van der Waals surface area contributed by atoms with E-state index in [9.17, 15) is 18.4 Å². The molecule has 2 saturated carbocycles. The highest BCUT2D eigenvalue weighted by Gasteiger charge is 2.56. The third kappa shape index (κ3) is 3.86. The summed E-state index contributed by atoms with van der Waals surface area (Å²) in [7, 11) is 0. The number of carbonyl (C=O) groups excluding carboxylic acids is 2. The molecule has 9 heteroatoms. The van der Waals surface area contributed by atoms with Gasteiger partial charge in [-0.2, -0.15) is 0 Å². The average molecular weight is 488 g/mol. The minimum atomic E-state index is -0.779. The highest BCUT2D eigenvalue weighted by atomic mass is 35.5. The lowest BCUT2D eigenvalue weighted by Crippen LogP contribution is -2.51. The number of aromatic nitrogens is 1. The molecule has 1 aromatic heterocycles. The third-order valence-electron chi connectivity index (χ3n) is 7.50. The van der Waals surface area contributed by atoms with Gasteiger partial charge in [0.2, 0.25) is 5.91 Å². The number of likely N-dealkylation sites (tertiary alicyclic amines) is 1. The minimum absolute atomic E-state index is 0.0184. The zero-order valence-corrected chi connectivity index (χ0v) is 19.1. The molecule has 6 nitrogen and oxygen atoms in total. The number of piperidine rings is 1. The first-order valence-corrected chi connectivity index (χ1v) is 12.1. The lowest BCUT2D eigenvalue weighted by atomic mass is 9.90. The lowest BCUT2D eigenvalue weighted by molar-refractivity contribution is -0.128. The van der Waals surface area contributed by atoms with Crippen LogP contribution in [0.5, 0.6) is 0 Å². The number of benzene rings is 1. The van der Waals surface area contributed by atoms with Crippen molar-refractivity contribution in [3.05, 3.63) is 63.9 Å². The highest BCUT2D eigenvalue weighted by Crippen LogP contribution is 2.49. The van der Waals surface area contributed by atoms with Crippen LogP contribution < -0.4 is 5.32 Å². The van der Waals surface area contributed by atoms with Gasteiger partial charge in [0.05, 0.1) is 24.3 Å². The van der Waals surface area contributed by atoms with E-state index in [-0.39, 0.29) is 40.3 Å². The Morgan fingerprint density at radius 2 is 1.94 bits per heavy atom. The molecule has 6 rings (SSSR count). The van der Waals surface area contributed by atoms with E-state index in [2.05, 4.69) is 10.3 Å². The predicted octanol–water partition coefficient (Wildman–Crippen LogP) is 4.00. The molecule has 2 amide bonds. The Kier molecular flexibility index (Phi) is 5.33. The predicted molar refractivity (Wildman–Crippen MR) is 119 cm³/mol. The Bertz CT molecular complexity index is 1170. The second-order valence-electron chi connectivity index (χ2n) is 9.85. The number of fused-ring (bicyclic) bond motifs is 1. The summed E-state index contributed by atoms with van der Waals surface area (Å²) in [5.74, 6) is -1.49. The van der Waals surface area contributed by atoms with Gasteiger partial charge in [0.15, 0.2) is 0 Å². The van der Waals surface area contributed by atoms with Crippen LogP contribution in [0.3, 0.4) is 0 Å². The Labute approximate surface area is 200 Å². The van der Waals surface area contributed by atoms with Gasteiger partial charge in [-0.3, -0.25) is 14.6 Å². The maximum atomic E-state index is 14.7. The fourth-order valence-electron chi connectivity index (χ4n) is 5.27. The molecule has 2 aliphatic carbocycles. The molecular formula is C25H24ClF2N3O3. The molecule has 2 saturated heterocycles. The molecule has 4 atom stereocenters. The Hall–Kier alpha value is -2.58. The van der Waals surface area contributed by atoms with Crippen molar-refractivity contribution in [3.8, 4) is 0 Å². The SMILES string of the molecule is O=C(N[C@@H](c1cc(F)c(Cl)cc1F)C1COC1)[C@H]1C[C@H]2C[C@H]2N1C(=O)c1cc(C2CC2)ccn1. The average Bonchev–Trinajstić information content (AvgIpc) is 3.72. The molecule has 2 aliphatic heterocycles. The van der Waals surface area contributed by atoms with Crippen molar-refractivity contribution in [2.24, 2.45) is 11.8 Å². The number of carbonyl (C=O) groups is 2. The molecule has 0 spiro atoms. The van der Waals surface area contributed by atoms with Gasteiger partial charge >= 0.3 is 0 Å². The van der Waals surface area contributed by atoms with Gasteiger partial charge in [0.1, 0.15) is 23.4 Å². The smallest absolute Gasteiger partial charge is 0.273 e. The van der Waals surface area contributed by atoms with E-state index >= 15 is 0 Å². The van der Waals surface area contributed by atoms with Crippen molar-refractivity contribution >= 4 is 23.4 Å². The number of hydrogen-bond donors (Lipinski definition) is 1. The first kappa shape index (κ1) is 21.9. The molecule has 1 N–H and O–H groups in total. The van der Waals surface area contributed by atoms with E-state index in [0.717, 1.165) is 37.0 Å². The molecule has 178 valence electrons. The second-order valence-corrected chi connectivity index (χ2v) is 10.3. The number of halogens is 3. The number of hydrogen-bond acceptors (Lipinski definition) is 4. The summed E-state index contributed by atoms with van der Waals surface area (Å²) in [5, 5.41) is 2.58. The molecule has 4 fully saturated rings. The standard InChI is InChI=1S/C25H24ClF2N3O3/c26-17-9-18(27)16(8-19(17)28)23(15-10-34-11-15)30-24(32)22-7-14-6-21(14)31(22)25(33)20-5-13(3-4-29-20)12-1-2-12/h3-5,8-9,12,14-15,21-23H,1-2,6-7,10-11H2,(H,30,32)/t14-,21-,22-,23-/m1/s1. The van der Waals surface area contributed by atoms with Crippen molar-refractivity contribution in [1.82, 2.24) is 15.2 Å². The van der Waals surface area contributed by atoms with Crippen LogP contribution in [0.25, 0.3) is 0 Å². The molecule has 4 aliphatic rings. The van der Waals surface area contributed by atoms with E-state index in [1.54, 1.807) is 11.1 Å². The third-order valence-corrected chi connectivity index (χ3v) is 7.79. The monoisotopic (exact) mass is 487 g/mol. The van der Waals surface area contributed by atoms with Crippen molar-refractivity contribution in [3.63, 3.8) is 0 Å². The summed E-state index contributed by atoms with van der Waals surface area (Å²) in [5.41, 5.74) is 1.49. The van der Waals surface area contributed by atoms with E-state index in [1.807, 2.05) is 12.1 Å². The van der Waals surface area contributed by atoms with Gasteiger partial charge in [-0.25, -0.2) is 8.78 Å². The second kappa shape index (κ2) is 8.27. The van der Waals surface area contributed by atoms with Crippen molar-refractivity contribution in [2.75, 3.05) is 13.2 Å². The molecule has 0 bridgehead atoms. The van der Waals surface area contributed by atoms with Crippen LogP contribution in [-0.4, -0.2) is 47.0 Å². The van der Waals surface area contributed by atoms with Crippen LogP contribution >= 0.6 is 11.6 Å². The normalized spacial score (nSPS) is 26.6. The summed E-state index contributed by atoms with van der Waals surface area (Å²) in [6.45, 7) is 0.649. The quantitative estimate of drug-likeness (QED) is 0.625. The van der Waals surface area contributed by atoms with Crippen LogP contribution in [-0.2, 0) is 9.53 Å². The van der Waals surface area contributed by atoms with E-state index < -0.39 is 23.7 Å². The van der Waals surface area contributed by atoms with Crippen LogP contribution in [0, 0.1) is 23.5 Å². The summed E-state index contributed by atoms with van der Waals surface area (Å²) in [4.78, 5) is 32.8. The number of nitrogens with one attached hydrogen (secondary N) is 1. The summed E-state index contributed by atoms with van der Waals surface area (Å²) >= 11 is 5.72. The number of ether oxygens (including phenoxy) is 1. The van der Waals surface area contributed by atoms with Gasteiger partial charge in [-0.15, -0.1) is 0 Å². The molecule has 0 unspecified atom stereocenters. The minimum Gasteiger partial charge on any atom is -0.381 e. The van der Waals surface area contributed by atoms with Crippen LogP contribution in [0.1, 0.15) is 59.3 Å². The number of nitrogens with zero attached hydrogens (tertiary/aromatic N) is 2. The Balaban J connectivity index is 1.25. The van der Waals surface area contributed by atoms with E-state index in [4.69, 9.17) is 16.3 Å². The molecular weight excluding hydrogens is 464 g/mol. The van der Waals surface area contributed by atoms with Crippen molar-refractivity contribution in [1.29, 1.82) is 0 Å². The number of amides is 2. The molecule has 34 heavy (non-hydrogen) atoms. The fraction of sp³-hybridized carbons (Fsp3) is 0.480. The zero-order chi connectivity index (χ0) is 23.6. The van der Waals surface area contributed by atoms with Crippen LogP contribution in [0.2, 0.25) is 5.02 Å². The Morgan fingerprint density at radius 3 is 2.65 bits per heavy atom. The molecule has 1 aromatic carbocycles. The maximum absolute atomic E-state index is 14.7. The molecule has 3 heterocycles.